The number of hydrogen-bond acceptors (Lipinski definition) is 6. The number of methoxy groups -OCH3 is 3. The SMILES string of the molecule is COC(=O)c1cccc(NC(=O)c2cc(-c3ccc(OC)cc3OC)n[nH]2)c1. The fourth-order valence-electron chi connectivity index (χ4n) is 2.63. The van der Waals surface area contributed by atoms with E-state index in [1.54, 1.807) is 56.7 Å². The molecule has 3 aromatic rings. The number of aromatic nitrogens is 2. The smallest absolute Gasteiger partial charge is 0.337 e. The van der Waals surface area contributed by atoms with Crippen LogP contribution in [-0.4, -0.2) is 43.4 Å². The van der Waals surface area contributed by atoms with Crippen LogP contribution < -0.4 is 14.8 Å². The van der Waals surface area contributed by atoms with Gasteiger partial charge in [-0.1, -0.05) is 6.07 Å². The molecule has 28 heavy (non-hydrogen) atoms. The molecule has 0 saturated heterocycles. The number of hydrogen-bond donors (Lipinski definition) is 2. The Kier molecular flexibility index (Phi) is 5.59. The first-order chi connectivity index (χ1) is 13.5. The summed E-state index contributed by atoms with van der Waals surface area (Å²) in [5, 5.41) is 9.62. The fraction of sp³-hybridized carbons (Fsp3) is 0.150. The van der Waals surface area contributed by atoms with Crippen LogP contribution in [0.15, 0.2) is 48.5 Å². The van der Waals surface area contributed by atoms with Crippen LogP contribution in [0.1, 0.15) is 20.8 Å². The summed E-state index contributed by atoms with van der Waals surface area (Å²) in [6.07, 6.45) is 0. The van der Waals surface area contributed by atoms with Crippen LogP contribution in [0, 0.1) is 0 Å². The summed E-state index contributed by atoms with van der Waals surface area (Å²) in [6.45, 7) is 0. The van der Waals surface area contributed by atoms with E-state index in [0.717, 1.165) is 0 Å². The molecule has 2 N–H and O–H groups in total. The van der Waals surface area contributed by atoms with Crippen molar-refractivity contribution in [1.29, 1.82) is 0 Å². The molecule has 144 valence electrons. The third-order valence-electron chi connectivity index (χ3n) is 4.05. The summed E-state index contributed by atoms with van der Waals surface area (Å²) < 4.78 is 15.2. The summed E-state index contributed by atoms with van der Waals surface area (Å²) in [7, 11) is 4.42. The molecule has 1 amide bonds. The van der Waals surface area contributed by atoms with E-state index in [-0.39, 0.29) is 5.69 Å². The maximum Gasteiger partial charge on any atom is 0.337 e. The largest absolute Gasteiger partial charge is 0.497 e. The Morgan fingerprint density at radius 3 is 2.54 bits per heavy atom. The van der Waals surface area contributed by atoms with Crippen molar-refractivity contribution >= 4 is 17.6 Å². The van der Waals surface area contributed by atoms with E-state index in [2.05, 4.69) is 20.3 Å². The van der Waals surface area contributed by atoms with Gasteiger partial charge in [-0.15, -0.1) is 0 Å². The van der Waals surface area contributed by atoms with Crippen LogP contribution >= 0.6 is 0 Å². The molecular formula is C20H19N3O5. The quantitative estimate of drug-likeness (QED) is 0.636. The number of amides is 1. The average Bonchev–Trinajstić information content (AvgIpc) is 3.23. The van der Waals surface area contributed by atoms with Crippen molar-refractivity contribution in [1.82, 2.24) is 10.2 Å². The summed E-state index contributed by atoms with van der Waals surface area (Å²) in [4.78, 5) is 24.1. The topological polar surface area (TPSA) is 103 Å². The number of aromatic amines is 1. The van der Waals surface area contributed by atoms with E-state index >= 15 is 0 Å². The lowest BCUT2D eigenvalue weighted by Crippen LogP contribution is -2.13. The zero-order chi connectivity index (χ0) is 20.1. The predicted octanol–water partition coefficient (Wildman–Crippen LogP) is 3.13. The maximum absolute atomic E-state index is 12.5. The molecule has 0 bridgehead atoms. The Morgan fingerprint density at radius 2 is 1.82 bits per heavy atom. The van der Waals surface area contributed by atoms with Gasteiger partial charge in [-0.25, -0.2) is 4.79 Å². The zero-order valence-electron chi connectivity index (χ0n) is 15.6. The second kappa shape index (κ2) is 8.26. The van der Waals surface area contributed by atoms with E-state index in [1.165, 1.54) is 13.2 Å². The van der Waals surface area contributed by atoms with Crippen molar-refractivity contribution < 1.29 is 23.8 Å². The molecule has 0 aliphatic carbocycles. The molecule has 3 rings (SSSR count). The van der Waals surface area contributed by atoms with Gasteiger partial charge in [0.05, 0.1) is 32.6 Å². The van der Waals surface area contributed by atoms with Gasteiger partial charge in [-0.2, -0.15) is 5.10 Å². The number of anilines is 1. The highest BCUT2D eigenvalue weighted by Crippen LogP contribution is 2.32. The number of nitrogens with one attached hydrogen (secondary N) is 2. The van der Waals surface area contributed by atoms with Crippen LogP contribution in [0.25, 0.3) is 11.3 Å². The van der Waals surface area contributed by atoms with E-state index in [1.807, 2.05) is 0 Å². The van der Waals surface area contributed by atoms with Crippen molar-refractivity contribution in [2.24, 2.45) is 0 Å². The Morgan fingerprint density at radius 1 is 1.00 bits per heavy atom. The van der Waals surface area contributed by atoms with E-state index in [9.17, 15) is 9.59 Å². The van der Waals surface area contributed by atoms with Gasteiger partial charge in [0.2, 0.25) is 0 Å². The van der Waals surface area contributed by atoms with Crippen LogP contribution in [-0.2, 0) is 4.74 Å². The summed E-state index contributed by atoms with van der Waals surface area (Å²) in [5.74, 6) is 0.350. The Bertz CT molecular complexity index is 1010. The minimum atomic E-state index is -0.480. The molecule has 0 spiro atoms. The second-order valence-electron chi connectivity index (χ2n) is 5.76. The number of rotatable bonds is 6. The van der Waals surface area contributed by atoms with Crippen LogP contribution in [0.3, 0.4) is 0 Å². The first-order valence-corrected chi connectivity index (χ1v) is 8.33. The maximum atomic E-state index is 12.5. The van der Waals surface area contributed by atoms with Crippen molar-refractivity contribution in [2.45, 2.75) is 0 Å². The molecule has 0 aliphatic heterocycles. The van der Waals surface area contributed by atoms with Gasteiger partial charge < -0.3 is 19.5 Å². The molecule has 8 heteroatoms. The minimum absolute atomic E-state index is 0.261. The van der Waals surface area contributed by atoms with Gasteiger partial charge in [-0.05, 0) is 36.4 Å². The van der Waals surface area contributed by atoms with Gasteiger partial charge in [-0.3, -0.25) is 9.89 Å². The molecule has 2 aromatic carbocycles. The molecule has 0 aliphatic rings. The van der Waals surface area contributed by atoms with Gasteiger partial charge in [0.1, 0.15) is 17.2 Å². The van der Waals surface area contributed by atoms with Crippen LogP contribution in [0.5, 0.6) is 11.5 Å². The number of nitrogens with zero attached hydrogens (tertiary/aromatic N) is 1. The van der Waals surface area contributed by atoms with Crippen molar-refractivity contribution in [2.75, 3.05) is 26.6 Å². The minimum Gasteiger partial charge on any atom is -0.497 e. The monoisotopic (exact) mass is 381 g/mol. The van der Waals surface area contributed by atoms with Crippen molar-refractivity contribution in [3.63, 3.8) is 0 Å². The molecule has 0 atom stereocenters. The third kappa shape index (κ3) is 3.96. The number of carbonyl (C=O) groups excluding carboxylic acids is 2. The summed E-state index contributed by atoms with van der Waals surface area (Å²) in [5.41, 5.74) is 2.33. The van der Waals surface area contributed by atoms with Gasteiger partial charge in [0.25, 0.3) is 5.91 Å². The van der Waals surface area contributed by atoms with E-state index < -0.39 is 11.9 Å². The van der Waals surface area contributed by atoms with Crippen LogP contribution in [0.2, 0.25) is 0 Å². The lowest BCUT2D eigenvalue weighted by molar-refractivity contribution is 0.0600. The molecule has 8 nitrogen and oxygen atoms in total. The van der Waals surface area contributed by atoms with Gasteiger partial charge >= 0.3 is 5.97 Å². The number of esters is 1. The first kappa shape index (κ1) is 19.0. The molecule has 1 heterocycles. The lowest BCUT2D eigenvalue weighted by Gasteiger charge is -2.08. The number of carbonyl (C=O) groups is 2. The number of H-pyrrole nitrogens is 1. The number of benzene rings is 2. The standard InChI is InChI=1S/C20H19N3O5/c1-26-14-7-8-15(18(10-14)27-2)16-11-17(23-22-16)19(24)21-13-6-4-5-12(9-13)20(25)28-3/h4-11H,1-3H3,(H,21,24)(H,22,23). The highest BCUT2D eigenvalue weighted by molar-refractivity contribution is 6.04. The predicted molar refractivity (Wildman–Crippen MR) is 103 cm³/mol. The molecular weight excluding hydrogens is 362 g/mol. The Balaban J connectivity index is 1.81. The summed E-state index contributed by atoms with van der Waals surface area (Å²) >= 11 is 0. The van der Waals surface area contributed by atoms with Gasteiger partial charge in [0.15, 0.2) is 0 Å². The first-order valence-electron chi connectivity index (χ1n) is 8.33. The highest BCUT2D eigenvalue weighted by atomic mass is 16.5. The second-order valence-corrected chi connectivity index (χ2v) is 5.76. The Hall–Kier alpha value is -3.81. The molecule has 1 aromatic heterocycles. The summed E-state index contributed by atoms with van der Waals surface area (Å²) in [6, 6.07) is 13.4. The highest BCUT2D eigenvalue weighted by Gasteiger charge is 2.15. The molecule has 0 unspecified atom stereocenters. The fourth-order valence-corrected chi connectivity index (χ4v) is 2.63. The molecule has 0 fully saturated rings. The number of ether oxygens (including phenoxy) is 3. The lowest BCUT2D eigenvalue weighted by atomic mass is 10.1. The van der Waals surface area contributed by atoms with Crippen molar-refractivity contribution in [3.8, 4) is 22.8 Å². The van der Waals surface area contributed by atoms with Crippen molar-refractivity contribution in [3.05, 3.63) is 59.8 Å². The zero-order valence-corrected chi connectivity index (χ0v) is 15.6. The molecule has 0 saturated carbocycles. The average molecular weight is 381 g/mol. The van der Waals surface area contributed by atoms with Crippen LogP contribution in [0.4, 0.5) is 5.69 Å². The Labute approximate surface area is 161 Å². The molecule has 0 radical (unpaired) electrons. The third-order valence-corrected chi connectivity index (χ3v) is 4.05. The normalized spacial score (nSPS) is 10.2. The van der Waals surface area contributed by atoms with E-state index in [4.69, 9.17) is 9.47 Å². The van der Waals surface area contributed by atoms with Gasteiger partial charge in [0, 0.05) is 17.3 Å². The van der Waals surface area contributed by atoms with E-state index in [0.29, 0.717) is 34.0 Å².